The molecule has 1 aromatic rings. The summed E-state index contributed by atoms with van der Waals surface area (Å²) in [7, 11) is 0. The quantitative estimate of drug-likeness (QED) is 0.318. The second kappa shape index (κ2) is 13.0. The topological polar surface area (TPSA) is 18.5 Å². The molecule has 0 amide bonds. The largest absolute Gasteiger partial charge is 0.490 e. The van der Waals surface area contributed by atoms with Gasteiger partial charge >= 0.3 is 0 Å². The first kappa shape index (κ1) is 23.0. The fourth-order valence-electron chi connectivity index (χ4n) is 4.03. The van der Waals surface area contributed by atoms with E-state index in [1.807, 2.05) is 0 Å². The van der Waals surface area contributed by atoms with Gasteiger partial charge in [0, 0.05) is 0 Å². The Hall–Kier alpha value is -1.32. The van der Waals surface area contributed by atoms with E-state index in [4.69, 9.17) is 9.47 Å². The third-order valence-corrected chi connectivity index (χ3v) is 5.92. The zero-order chi connectivity index (χ0) is 20.2. The minimum atomic E-state index is -0.937. The minimum Gasteiger partial charge on any atom is -0.490 e. The van der Waals surface area contributed by atoms with Gasteiger partial charge in [-0.1, -0.05) is 71.6 Å². The summed E-state index contributed by atoms with van der Waals surface area (Å²) in [6.45, 7) is 5.25. The lowest BCUT2D eigenvalue weighted by Gasteiger charge is -2.28. The standard InChI is InChI=1S/C24H38F2O2/c1-3-5-7-9-17-27-21-15-16-22(24(26)23(21)25)28-18-20-13-11-19(12-14-20)10-8-6-4-2/h15-16,19-20H,3-14,17-18H2,1-2H3/t19-,20-. The van der Waals surface area contributed by atoms with E-state index in [0.717, 1.165) is 44.4 Å². The molecule has 2 rings (SSSR count). The van der Waals surface area contributed by atoms with Crippen LogP contribution < -0.4 is 9.47 Å². The van der Waals surface area contributed by atoms with E-state index in [2.05, 4.69) is 13.8 Å². The van der Waals surface area contributed by atoms with Crippen molar-refractivity contribution in [2.75, 3.05) is 13.2 Å². The molecule has 1 saturated carbocycles. The number of hydrogen-bond acceptors (Lipinski definition) is 2. The fourth-order valence-corrected chi connectivity index (χ4v) is 4.03. The molecule has 0 atom stereocenters. The maximum absolute atomic E-state index is 14.3. The number of rotatable bonds is 13. The van der Waals surface area contributed by atoms with Gasteiger partial charge in [-0.05, 0) is 43.2 Å². The summed E-state index contributed by atoms with van der Waals surface area (Å²) >= 11 is 0. The highest BCUT2D eigenvalue weighted by atomic mass is 19.2. The first-order chi connectivity index (χ1) is 13.7. The van der Waals surface area contributed by atoms with Crippen LogP contribution in [0.1, 0.15) is 90.9 Å². The summed E-state index contributed by atoms with van der Waals surface area (Å²) in [5.74, 6) is -0.605. The van der Waals surface area contributed by atoms with Gasteiger partial charge in [-0.2, -0.15) is 8.78 Å². The molecule has 0 aliphatic heterocycles. The maximum Gasteiger partial charge on any atom is 0.204 e. The monoisotopic (exact) mass is 396 g/mol. The van der Waals surface area contributed by atoms with Crippen molar-refractivity contribution in [2.24, 2.45) is 11.8 Å². The van der Waals surface area contributed by atoms with Gasteiger partial charge in [0.15, 0.2) is 11.5 Å². The molecule has 1 aromatic carbocycles. The molecule has 2 nitrogen and oxygen atoms in total. The summed E-state index contributed by atoms with van der Waals surface area (Å²) in [5.41, 5.74) is 0. The highest BCUT2D eigenvalue weighted by Gasteiger charge is 2.22. The number of halogens is 2. The molecule has 0 aromatic heterocycles. The van der Waals surface area contributed by atoms with Gasteiger partial charge in [-0.3, -0.25) is 0 Å². The van der Waals surface area contributed by atoms with Gasteiger partial charge in [-0.25, -0.2) is 0 Å². The van der Waals surface area contributed by atoms with Crippen molar-refractivity contribution in [3.8, 4) is 11.5 Å². The Labute approximate surface area is 170 Å². The van der Waals surface area contributed by atoms with Gasteiger partial charge in [-0.15, -0.1) is 0 Å². The lowest BCUT2D eigenvalue weighted by molar-refractivity contribution is 0.172. The van der Waals surface area contributed by atoms with E-state index >= 15 is 0 Å². The summed E-state index contributed by atoms with van der Waals surface area (Å²) in [5, 5.41) is 0. The molecule has 1 aliphatic rings. The van der Waals surface area contributed by atoms with Crippen LogP contribution in [0.5, 0.6) is 11.5 Å². The van der Waals surface area contributed by atoms with Crippen LogP contribution in [-0.4, -0.2) is 13.2 Å². The van der Waals surface area contributed by atoms with Gasteiger partial charge in [0.2, 0.25) is 11.6 Å². The van der Waals surface area contributed by atoms with Crippen LogP contribution in [0.4, 0.5) is 8.78 Å². The van der Waals surface area contributed by atoms with E-state index in [9.17, 15) is 8.78 Å². The second-order valence-corrected chi connectivity index (χ2v) is 8.29. The van der Waals surface area contributed by atoms with Crippen molar-refractivity contribution in [3.63, 3.8) is 0 Å². The highest BCUT2D eigenvalue weighted by molar-refractivity contribution is 5.35. The molecular weight excluding hydrogens is 358 g/mol. The van der Waals surface area contributed by atoms with Crippen LogP contribution in [0.3, 0.4) is 0 Å². The third kappa shape index (κ3) is 7.60. The summed E-state index contributed by atoms with van der Waals surface area (Å²) in [4.78, 5) is 0. The van der Waals surface area contributed by atoms with Gasteiger partial charge in [0.25, 0.3) is 0 Å². The Morgan fingerprint density at radius 3 is 1.96 bits per heavy atom. The molecular formula is C24H38F2O2. The van der Waals surface area contributed by atoms with Crippen molar-refractivity contribution in [2.45, 2.75) is 90.9 Å². The summed E-state index contributed by atoms with van der Waals surface area (Å²) < 4.78 is 39.6. The Morgan fingerprint density at radius 1 is 0.750 bits per heavy atom. The predicted molar refractivity (Wildman–Crippen MR) is 111 cm³/mol. The summed E-state index contributed by atoms with van der Waals surface area (Å²) in [6.07, 6.45) is 14.2. The molecule has 0 N–H and O–H groups in total. The number of hydrogen-bond donors (Lipinski definition) is 0. The average Bonchev–Trinajstić information content (AvgIpc) is 2.71. The number of unbranched alkanes of at least 4 members (excludes halogenated alkanes) is 5. The molecule has 0 unspecified atom stereocenters. The van der Waals surface area contributed by atoms with Crippen molar-refractivity contribution in [3.05, 3.63) is 23.8 Å². The molecule has 0 saturated heterocycles. The lowest BCUT2D eigenvalue weighted by Crippen LogP contribution is -2.20. The number of benzene rings is 1. The zero-order valence-electron chi connectivity index (χ0n) is 17.8. The molecule has 0 bridgehead atoms. The lowest BCUT2D eigenvalue weighted by atomic mass is 9.80. The minimum absolute atomic E-state index is 0.000835. The molecule has 0 heterocycles. The van der Waals surface area contributed by atoms with Crippen LogP contribution in [0, 0.1) is 23.5 Å². The SMILES string of the molecule is CCCCCCOc1ccc(OC[C@H]2CC[C@H](CCCCC)CC2)c(F)c1F. The molecule has 28 heavy (non-hydrogen) atoms. The number of ether oxygens (including phenoxy) is 2. The Bertz CT molecular complexity index is 554. The van der Waals surface area contributed by atoms with Crippen LogP contribution >= 0.6 is 0 Å². The Balaban J connectivity index is 1.73. The highest BCUT2D eigenvalue weighted by Crippen LogP contribution is 2.33. The van der Waals surface area contributed by atoms with E-state index in [0.29, 0.717) is 19.1 Å². The van der Waals surface area contributed by atoms with Crippen molar-refractivity contribution < 1.29 is 18.3 Å². The summed E-state index contributed by atoms with van der Waals surface area (Å²) in [6, 6.07) is 2.98. The average molecular weight is 397 g/mol. The Morgan fingerprint density at radius 2 is 1.32 bits per heavy atom. The molecule has 4 heteroatoms. The van der Waals surface area contributed by atoms with Crippen LogP contribution in [0.2, 0.25) is 0 Å². The van der Waals surface area contributed by atoms with Crippen molar-refractivity contribution >= 4 is 0 Å². The normalized spacial score (nSPS) is 19.6. The van der Waals surface area contributed by atoms with Gasteiger partial charge in [0.1, 0.15) is 0 Å². The fraction of sp³-hybridized carbons (Fsp3) is 0.750. The second-order valence-electron chi connectivity index (χ2n) is 8.29. The van der Waals surface area contributed by atoms with E-state index in [1.54, 1.807) is 0 Å². The Kier molecular flexibility index (Phi) is 10.7. The maximum atomic E-state index is 14.3. The van der Waals surface area contributed by atoms with E-state index < -0.39 is 11.6 Å². The van der Waals surface area contributed by atoms with E-state index in [-0.39, 0.29) is 11.5 Å². The van der Waals surface area contributed by atoms with E-state index in [1.165, 1.54) is 50.7 Å². The first-order valence-corrected chi connectivity index (χ1v) is 11.4. The third-order valence-electron chi connectivity index (χ3n) is 5.92. The van der Waals surface area contributed by atoms with Gasteiger partial charge in [0.05, 0.1) is 13.2 Å². The molecule has 0 spiro atoms. The molecule has 160 valence electrons. The smallest absolute Gasteiger partial charge is 0.204 e. The van der Waals surface area contributed by atoms with Crippen LogP contribution in [0.15, 0.2) is 12.1 Å². The van der Waals surface area contributed by atoms with Crippen molar-refractivity contribution in [1.29, 1.82) is 0 Å². The predicted octanol–water partition coefficient (Wildman–Crippen LogP) is 7.69. The van der Waals surface area contributed by atoms with Crippen LogP contribution in [0.25, 0.3) is 0 Å². The molecule has 0 radical (unpaired) electrons. The first-order valence-electron chi connectivity index (χ1n) is 11.4. The zero-order valence-corrected chi connectivity index (χ0v) is 17.8. The molecule has 1 fully saturated rings. The van der Waals surface area contributed by atoms with Crippen molar-refractivity contribution in [1.82, 2.24) is 0 Å². The van der Waals surface area contributed by atoms with Gasteiger partial charge < -0.3 is 9.47 Å². The van der Waals surface area contributed by atoms with Crippen LogP contribution in [-0.2, 0) is 0 Å². The molecule has 1 aliphatic carbocycles.